The van der Waals surface area contributed by atoms with Gasteiger partial charge in [-0.15, -0.1) is 13.2 Å². The smallest absolute Gasteiger partial charge is 0.497 e. The number of amides is 1. The van der Waals surface area contributed by atoms with Crippen molar-refractivity contribution >= 4 is 17.7 Å². The number of carbonyl (C=O) groups is 1. The van der Waals surface area contributed by atoms with Crippen LogP contribution in [0.5, 0.6) is 11.5 Å². The van der Waals surface area contributed by atoms with Crippen LogP contribution in [0.1, 0.15) is 12.8 Å². The highest BCUT2D eigenvalue weighted by Crippen LogP contribution is 2.32. The molecule has 0 unspecified atom stereocenters. The molecule has 33 heavy (non-hydrogen) atoms. The second kappa shape index (κ2) is 9.78. The molecule has 1 saturated heterocycles. The molecule has 4 rings (SSSR count). The van der Waals surface area contributed by atoms with E-state index >= 15 is 0 Å². The monoisotopic (exact) mass is 477 g/mol. The number of benzene rings is 2. The summed E-state index contributed by atoms with van der Waals surface area (Å²) in [7, 11) is 1.58. The summed E-state index contributed by atoms with van der Waals surface area (Å²) >= 11 is 1.30. The summed E-state index contributed by atoms with van der Waals surface area (Å²) in [6.45, 7) is 1.54. The average Bonchev–Trinajstić information content (AvgIpc) is 3.47. The number of ether oxygens (including phenoxy) is 2. The minimum Gasteiger partial charge on any atom is -0.497 e. The maximum absolute atomic E-state index is 12.5. The third kappa shape index (κ3) is 5.62. The second-order valence-corrected chi connectivity index (χ2v) is 8.35. The molecule has 174 valence electrons. The first-order valence-electron chi connectivity index (χ1n) is 10.3. The molecular weight excluding hydrogens is 455 g/mol. The van der Waals surface area contributed by atoms with Crippen LogP contribution >= 0.6 is 11.8 Å². The van der Waals surface area contributed by atoms with Crippen molar-refractivity contribution in [2.45, 2.75) is 24.4 Å². The minimum absolute atomic E-state index is 0.0481. The highest BCUT2D eigenvalue weighted by Gasteiger charge is 2.31. The third-order valence-electron chi connectivity index (χ3n) is 5.23. The Morgan fingerprint density at radius 2 is 1.67 bits per heavy atom. The van der Waals surface area contributed by atoms with Gasteiger partial charge < -0.3 is 14.4 Å². The fourth-order valence-electron chi connectivity index (χ4n) is 3.63. The number of nitrogens with zero attached hydrogens (tertiary/aromatic N) is 3. The van der Waals surface area contributed by atoms with Crippen molar-refractivity contribution in [3.63, 3.8) is 0 Å². The number of methoxy groups -OCH3 is 1. The van der Waals surface area contributed by atoms with Gasteiger partial charge in [0.2, 0.25) is 5.91 Å². The third-order valence-corrected chi connectivity index (χ3v) is 6.16. The maximum atomic E-state index is 12.5. The summed E-state index contributed by atoms with van der Waals surface area (Å²) in [6, 6.07) is 12.9. The van der Waals surface area contributed by atoms with Crippen LogP contribution in [0.15, 0.2) is 59.9 Å². The van der Waals surface area contributed by atoms with Gasteiger partial charge in [-0.05, 0) is 61.4 Å². The zero-order valence-electron chi connectivity index (χ0n) is 17.8. The molecule has 1 aromatic heterocycles. The van der Waals surface area contributed by atoms with E-state index in [0.717, 1.165) is 37.2 Å². The van der Waals surface area contributed by atoms with Crippen LogP contribution in [0.4, 0.5) is 13.2 Å². The van der Waals surface area contributed by atoms with Crippen LogP contribution in [0, 0.1) is 0 Å². The van der Waals surface area contributed by atoms with Crippen molar-refractivity contribution in [2.24, 2.45) is 0 Å². The van der Waals surface area contributed by atoms with Crippen molar-refractivity contribution in [1.29, 1.82) is 0 Å². The van der Waals surface area contributed by atoms with Crippen molar-refractivity contribution in [1.82, 2.24) is 14.5 Å². The lowest BCUT2D eigenvalue weighted by molar-refractivity contribution is -0.274. The van der Waals surface area contributed by atoms with Gasteiger partial charge in [0.25, 0.3) is 0 Å². The van der Waals surface area contributed by atoms with Crippen LogP contribution in [-0.4, -0.2) is 52.7 Å². The van der Waals surface area contributed by atoms with Gasteiger partial charge in [0.05, 0.1) is 24.8 Å². The molecule has 6 nitrogen and oxygen atoms in total. The largest absolute Gasteiger partial charge is 0.573 e. The number of hydrogen-bond donors (Lipinski definition) is 0. The van der Waals surface area contributed by atoms with E-state index in [2.05, 4.69) is 9.72 Å². The molecule has 0 N–H and O–H groups in total. The molecular formula is C23H22F3N3O3S. The van der Waals surface area contributed by atoms with Gasteiger partial charge in [-0.1, -0.05) is 11.8 Å². The molecule has 0 spiro atoms. The Morgan fingerprint density at radius 3 is 2.27 bits per heavy atom. The number of hydrogen-bond acceptors (Lipinski definition) is 5. The summed E-state index contributed by atoms with van der Waals surface area (Å²) in [5.74, 6) is 0.668. The van der Waals surface area contributed by atoms with E-state index in [1.54, 1.807) is 13.3 Å². The first kappa shape index (κ1) is 23.0. The number of aromatic nitrogens is 2. The van der Waals surface area contributed by atoms with Crippen molar-refractivity contribution in [2.75, 3.05) is 26.0 Å². The van der Waals surface area contributed by atoms with E-state index in [-0.39, 0.29) is 17.4 Å². The van der Waals surface area contributed by atoms with Gasteiger partial charge in [0, 0.05) is 24.3 Å². The standard InChI is InChI=1S/C23H22F3N3O3S/c1-31-18-8-4-16(5-9-18)20-14-27-22(33-15-21(30)28-12-2-3-13-28)29(20)17-6-10-19(11-7-17)32-23(24,25)26/h4-11,14H,2-3,12-13,15H2,1H3. The molecule has 0 aliphatic carbocycles. The molecule has 3 aromatic rings. The van der Waals surface area contributed by atoms with Gasteiger partial charge in [-0.25, -0.2) is 4.98 Å². The van der Waals surface area contributed by atoms with Crippen LogP contribution < -0.4 is 9.47 Å². The van der Waals surface area contributed by atoms with E-state index < -0.39 is 6.36 Å². The zero-order valence-corrected chi connectivity index (χ0v) is 18.7. The van der Waals surface area contributed by atoms with E-state index in [4.69, 9.17) is 4.74 Å². The molecule has 0 radical (unpaired) electrons. The molecule has 1 fully saturated rings. The topological polar surface area (TPSA) is 56.6 Å². The van der Waals surface area contributed by atoms with Gasteiger partial charge >= 0.3 is 6.36 Å². The Kier molecular flexibility index (Phi) is 6.83. The number of likely N-dealkylation sites (tertiary alicyclic amines) is 1. The average molecular weight is 478 g/mol. The predicted octanol–water partition coefficient (Wildman–Crippen LogP) is 5.16. The fraction of sp³-hybridized carbons (Fsp3) is 0.304. The summed E-state index contributed by atoms with van der Waals surface area (Å²) in [5.41, 5.74) is 2.18. The van der Waals surface area contributed by atoms with E-state index in [9.17, 15) is 18.0 Å². The highest BCUT2D eigenvalue weighted by atomic mass is 32.2. The second-order valence-electron chi connectivity index (χ2n) is 7.41. The number of halogens is 3. The van der Waals surface area contributed by atoms with Crippen molar-refractivity contribution < 1.29 is 27.4 Å². The lowest BCUT2D eigenvalue weighted by Crippen LogP contribution is -2.29. The number of thioether (sulfide) groups is 1. The van der Waals surface area contributed by atoms with Crippen molar-refractivity contribution in [3.05, 3.63) is 54.7 Å². The summed E-state index contributed by atoms with van der Waals surface area (Å²) < 4.78 is 48.7. The van der Waals surface area contributed by atoms with Gasteiger partial charge in [0.15, 0.2) is 5.16 Å². The summed E-state index contributed by atoms with van der Waals surface area (Å²) in [6.07, 6.45) is -1.05. The van der Waals surface area contributed by atoms with E-state index in [0.29, 0.717) is 16.6 Å². The Bertz CT molecular complexity index is 1090. The molecule has 1 aliphatic rings. The Labute approximate surface area is 193 Å². The SMILES string of the molecule is COc1ccc(-c2cnc(SCC(=O)N3CCCC3)n2-c2ccc(OC(F)(F)F)cc2)cc1. The zero-order chi connectivity index (χ0) is 23.4. The number of imidazole rings is 1. The van der Waals surface area contributed by atoms with E-state index in [1.165, 1.54) is 36.0 Å². The van der Waals surface area contributed by atoms with Crippen LogP contribution in [0.2, 0.25) is 0 Å². The van der Waals surface area contributed by atoms with Gasteiger partial charge in [-0.2, -0.15) is 0 Å². The first-order valence-corrected chi connectivity index (χ1v) is 11.3. The minimum atomic E-state index is -4.76. The van der Waals surface area contributed by atoms with E-state index in [1.807, 2.05) is 33.7 Å². The molecule has 0 atom stereocenters. The molecule has 2 heterocycles. The number of rotatable bonds is 7. The van der Waals surface area contributed by atoms with Crippen LogP contribution in [0.3, 0.4) is 0 Å². The molecule has 1 amide bonds. The Morgan fingerprint density at radius 1 is 1.03 bits per heavy atom. The lowest BCUT2D eigenvalue weighted by Gasteiger charge is -2.16. The quantitative estimate of drug-likeness (QED) is 0.440. The number of carbonyl (C=O) groups excluding carboxylic acids is 1. The molecule has 2 aromatic carbocycles. The van der Waals surface area contributed by atoms with Crippen LogP contribution in [0.25, 0.3) is 16.9 Å². The molecule has 0 bridgehead atoms. The molecule has 1 aliphatic heterocycles. The van der Waals surface area contributed by atoms with Gasteiger partial charge in [0.1, 0.15) is 11.5 Å². The maximum Gasteiger partial charge on any atom is 0.573 e. The fourth-order valence-corrected chi connectivity index (χ4v) is 4.53. The normalized spacial score (nSPS) is 13.9. The molecule has 10 heteroatoms. The van der Waals surface area contributed by atoms with Crippen molar-refractivity contribution in [3.8, 4) is 28.4 Å². The highest BCUT2D eigenvalue weighted by molar-refractivity contribution is 7.99. The lowest BCUT2D eigenvalue weighted by atomic mass is 10.1. The first-order chi connectivity index (χ1) is 15.8. The Balaban J connectivity index is 1.65. The summed E-state index contributed by atoms with van der Waals surface area (Å²) in [5, 5.41) is 0.567. The molecule has 0 saturated carbocycles. The van der Waals surface area contributed by atoms with Gasteiger partial charge in [-0.3, -0.25) is 9.36 Å². The predicted molar refractivity (Wildman–Crippen MR) is 119 cm³/mol. The summed E-state index contributed by atoms with van der Waals surface area (Å²) in [4.78, 5) is 18.9. The Hall–Kier alpha value is -3.14. The van der Waals surface area contributed by atoms with Crippen LogP contribution in [-0.2, 0) is 4.79 Å². The number of alkyl halides is 3.